The van der Waals surface area contributed by atoms with Crippen LogP contribution in [0.3, 0.4) is 0 Å². The van der Waals surface area contributed by atoms with Gasteiger partial charge < -0.3 is 16.0 Å². The highest BCUT2D eigenvalue weighted by atomic mass is 32.2. The van der Waals surface area contributed by atoms with Gasteiger partial charge in [-0.2, -0.15) is 11.8 Å². The summed E-state index contributed by atoms with van der Waals surface area (Å²) < 4.78 is 0. The largest absolute Gasteiger partial charge is 0.397 e. The zero-order valence-corrected chi connectivity index (χ0v) is 12.6. The van der Waals surface area contributed by atoms with E-state index in [0.717, 1.165) is 23.6 Å². The van der Waals surface area contributed by atoms with Gasteiger partial charge in [0.25, 0.3) is 5.56 Å². The molecule has 1 heterocycles. The first kappa shape index (κ1) is 14.7. The third-order valence-corrected chi connectivity index (χ3v) is 4.05. The molecule has 0 saturated carbocycles. The van der Waals surface area contributed by atoms with Crippen LogP contribution in [0.1, 0.15) is 20.3 Å². The SMILES string of the molecule is CCSCCC(C)Nc1cc2nc[nH]c(=O)c2cc1N. The lowest BCUT2D eigenvalue weighted by atomic mass is 10.1. The van der Waals surface area contributed by atoms with Crippen molar-refractivity contribution in [2.75, 3.05) is 22.6 Å². The van der Waals surface area contributed by atoms with E-state index in [1.54, 1.807) is 6.07 Å². The van der Waals surface area contributed by atoms with E-state index in [4.69, 9.17) is 5.73 Å². The Kier molecular flexibility index (Phi) is 4.89. The van der Waals surface area contributed by atoms with Crippen LogP contribution in [0, 0.1) is 0 Å². The molecule has 0 bridgehead atoms. The van der Waals surface area contributed by atoms with Crippen LogP contribution in [0.2, 0.25) is 0 Å². The van der Waals surface area contributed by atoms with Gasteiger partial charge in [0.05, 0.1) is 28.6 Å². The second-order valence-electron chi connectivity index (χ2n) is 4.72. The Morgan fingerprint density at radius 2 is 2.30 bits per heavy atom. The minimum atomic E-state index is -0.166. The van der Waals surface area contributed by atoms with Crippen molar-refractivity contribution in [1.29, 1.82) is 0 Å². The molecule has 5 nitrogen and oxygen atoms in total. The zero-order valence-electron chi connectivity index (χ0n) is 11.8. The van der Waals surface area contributed by atoms with Crippen molar-refractivity contribution in [3.05, 3.63) is 28.8 Å². The van der Waals surface area contributed by atoms with E-state index in [2.05, 4.69) is 29.1 Å². The molecule has 1 aromatic carbocycles. The van der Waals surface area contributed by atoms with Crippen LogP contribution >= 0.6 is 11.8 Å². The van der Waals surface area contributed by atoms with E-state index in [1.165, 1.54) is 6.33 Å². The number of nitrogens with zero attached hydrogens (tertiary/aromatic N) is 1. The minimum Gasteiger partial charge on any atom is -0.397 e. The number of aromatic nitrogens is 2. The van der Waals surface area contributed by atoms with Crippen LogP contribution in [-0.4, -0.2) is 27.5 Å². The van der Waals surface area contributed by atoms with E-state index < -0.39 is 0 Å². The Morgan fingerprint density at radius 3 is 3.05 bits per heavy atom. The summed E-state index contributed by atoms with van der Waals surface area (Å²) >= 11 is 1.93. The summed E-state index contributed by atoms with van der Waals surface area (Å²) in [5, 5.41) is 3.91. The molecular weight excluding hydrogens is 272 g/mol. The molecule has 1 aromatic heterocycles. The Morgan fingerprint density at radius 1 is 1.50 bits per heavy atom. The standard InChI is InChI=1S/C14H20N4OS/c1-3-20-5-4-9(2)18-13-7-12-10(6-11(13)15)14(19)17-8-16-12/h6-9,18H,3-5,15H2,1-2H3,(H,16,17,19). The van der Waals surface area contributed by atoms with Crippen molar-refractivity contribution in [3.63, 3.8) is 0 Å². The van der Waals surface area contributed by atoms with Gasteiger partial charge in [-0.15, -0.1) is 0 Å². The smallest absolute Gasteiger partial charge is 0.258 e. The highest BCUT2D eigenvalue weighted by Crippen LogP contribution is 2.24. The van der Waals surface area contributed by atoms with Gasteiger partial charge in [-0.1, -0.05) is 6.92 Å². The minimum absolute atomic E-state index is 0.166. The second-order valence-corrected chi connectivity index (χ2v) is 6.11. The molecule has 20 heavy (non-hydrogen) atoms. The van der Waals surface area contributed by atoms with Gasteiger partial charge in [0, 0.05) is 6.04 Å². The number of rotatable bonds is 6. The fourth-order valence-corrected chi connectivity index (χ4v) is 2.81. The molecule has 0 spiro atoms. The van der Waals surface area contributed by atoms with Crippen molar-refractivity contribution < 1.29 is 0 Å². The molecule has 0 aliphatic carbocycles. The van der Waals surface area contributed by atoms with Gasteiger partial charge in [-0.3, -0.25) is 4.79 Å². The van der Waals surface area contributed by atoms with E-state index in [-0.39, 0.29) is 5.56 Å². The van der Waals surface area contributed by atoms with Crippen LogP contribution in [0.4, 0.5) is 11.4 Å². The summed E-state index contributed by atoms with van der Waals surface area (Å²) in [4.78, 5) is 18.4. The van der Waals surface area contributed by atoms with E-state index >= 15 is 0 Å². The predicted molar refractivity (Wildman–Crippen MR) is 87.5 cm³/mol. The summed E-state index contributed by atoms with van der Waals surface area (Å²) in [6, 6.07) is 3.84. The van der Waals surface area contributed by atoms with Crippen LogP contribution < -0.4 is 16.6 Å². The molecule has 0 amide bonds. The van der Waals surface area contributed by atoms with Crippen molar-refractivity contribution in [1.82, 2.24) is 9.97 Å². The van der Waals surface area contributed by atoms with Crippen molar-refractivity contribution >= 4 is 34.0 Å². The lowest BCUT2D eigenvalue weighted by Gasteiger charge is -2.17. The van der Waals surface area contributed by atoms with Crippen molar-refractivity contribution in [2.45, 2.75) is 26.3 Å². The molecule has 1 atom stereocenters. The Labute approximate surface area is 122 Å². The van der Waals surface area contributed by atoms with Gasteiger partial charge in [0.15, 0.2) is 0 Å². The summed E-state index contributed by atoms with van der Waals surface area (Å²) in [5.74, 6) is 2.26. The highest BCUT2D eigenvalue weighted by molar-refractivity contribution is 7.99. The summed E-state index contributed by atoms with van der Waals surface area (Å²) in [5.41, 5.74) is 7.91. The maximum absolute atomic E-state index is 11.7. The molecule has 2 aromatic rings. The van der Waals surface area contributed by atoms with E-state index in [1.807, 2.05) is 17.8 Å². The average Bonchev–Trinajstić information content (AvgIpc) is 2.41. The van der Waals surface area contributed by atoms with Crippen molar-refractivity contribution in [2.24, 2.45) is 0 Å². The molecule has 0 radical (unpaired) electrons. The number of aromatic amines is 1. The molecule has 0 aliphatic rings. The number of anilines is 2. The third kappa shape index (κ3) is 3.45. The number of thioether (sulfide) groups is 1. The molecule has 2 rings (SSSR count). The molecule has 6 heteroatoms. The number of nitrogens with two attached hydrogens (primary N) is 1. The fourth-order valence-electron chi connectivity index (χ4n) is 2.00. The van der Waals surface area contributed by atoms with Gasteiger partial charge in [-0.05, 0) is 37.0 Å². The summed E-state index contributed by atoms with van der Waals surface area (Å²) in [7, 11) is 0. The first-order valence-electron chi connectivity index (χ1n) is 6.73. The summed E-state index contributed by atoms with van der Waals surface area (Å²) in [6.07, 6.45) is 2.48. The van der Waals surface area contributed by atoms with Crippen LogP contribution in [0.5, 0.6) is 0 Å². The number of fused-ring (bicyclic) bond motifs is 1. The highest BCUT2D eigenvalue weighted by Gasteiger charge is 2.08. The number of benzene rings is 1. The van der Waals surface area contributed by atoms with Crippen molar-refractivity contribution in [3.8, 4) is 0 Å². The quantitative estimate of drug-likeness (QED) is 0.562. The molecule has 0 aliphatic heterocycles. The molecule has 0 fully saturated rings. The topological polar surface area (TPSA) is 83.8 Å². The van der Waals surface area contributed by atoms with Crippen LogP contribution in [-0.2, 0) is 0 Å². The number of nitrogen functional groups attached to an aromatic ring is 1. The number of hydrogen-bond acceptors (Lipinski definition) is 5. The Bertz CT molecular complexity index is 641. The van der Waals surface area contributed by atoms with Gasteiger partial charge in [-0.25, -0.2) is 4.98 Å². The van der Waals surface area contributed by atoms with Crippen LogP contribution in [0.25, 0.3) is 10.9 Å². The van der Waals surface area contributed by atoms with E-state index in [0.29, 0.717) is 22.6 Å². The lowest BCUT2D eigenvalue weighted by molar-refractivity contribution is 0.772. The summed E-state index contributed by atoms with van der Waals surface area (Å²) in [6.45, 7) is 4.29. The Hall–Kier alpha value is -1.69. The monoisotopic (exact) mass is 292 g/mol. The molecule has 108 valence electrons. The number of nitrogens with one attached hydrogen (secondary N) is 2. The first-order chi connectivity index (χ1) is 9.61. The molecule has 1 unspecified atom stereocenters. The predicted octanol–water partition coefficient (Wildman–Crippen LogP) is 2.45. The Balaban J connectivity index is 2.18. The van der Waals surface area contributed by atoms with Gasteiger partial charge in [0.2, 0.25) is 0 Å². The molecule has 4 N–H and O–H groups in total. The average molecular weight is 292 g/mol. The lowest BCUT2D eigenvalue weighted by Crippen LogP contribution is -2.17. The maximum Gasteiger partial charge on any atom is 0.258 e. The third-order valence-electron chi connectivity index (χ3n) is 3.11. The number of hydrogen-bond donors (Lipinski definition) is 3. The normalized spacial score (nSPS) is 12.5. The fraction of sp³-hybridized carbons (Fsp3) is 0.429. The number of H-pyrrole nitrogens is 1. The molecule has 0 saturated heterocycles. The van der Waals surface area contributed by atoms with Gasteiger partial charge in [0.1, 0.15) is 0 Å². The maximum atomic E-state index is 11.7. The van der Waals surface area contributed by atoms with E-state index in [9.17, 15) is 4.79 Å². The first-order valence-corrected chi connectivity index (χ1v) is 7.88. The van der Waals surface area contributed by atoms with Gasteiger partial charge >= 0.3 is 0 Å². The second kappa shape index (κ2) is 6.65. The zero-order chi connectivity index (χ0) is 14.5. The van der Waals surface area contributed by atoms with Crippen LogP contribution in [0.15, 0.2) is 23.3 Å². The molecular formula is C14H20N4OS.